The molecule has 7 heteroatoms. The Bertz CT molecular complexity index is 713. The van der Waals surface area contributed by atoms with Crippen molar-refractivity contribution in [3.8, 4) is 0 Å². The van der Waals surface area contributed by atoms with Crippen molar-refractivity contribution in [1.29, 1.82) is 0 Å². The number of aromatic nitrogens is 3. The van der Waals surface area contributed by atoms with Gasteiger partial charge in [-0.05, 0) is 31.9 Å². The van der Waals surface area contributed by atoms with Crippen molar-refractivity contribution >= 4 is 11.6 Å². The van der Waals surface area contributed by atoms with Crippen LogP contribution in [0.4, 0.5) is 0 Å². The molecule has 0 N–H and O–H groups in total. The standard InChI is InChI=1S/C15H20N4O3/c1-2-22-14(20)12-6-9-17(10-7-12)11-19-15(21)18-8-4-3-5-13(18)16-19/h3-5,8,12H,2,6-7,9-11H2,1H3. The molecule has 3 rings (SSSR count). The quantitative estimate of drug-likeness (QED) is 0.779. The highest BCUT2D eigenvalue weighted by Crippen LogP contribution is 2.18. The molecule has 0 bridgehead atoms. The van der Waals surface area contributed by atoms with Crippen molar-refractivity contribution in [2.24, 2.45) is 5.92 Å². The number of ether oxygens (including phenoxy) is 1. The number of esters is 1. The molecule has 2 aromatic heterocycles. The van der Waals surface area contributed by atoms with Crippen LogP contribution in [0.1, 0.15) is 19.8 Å². The third kappa shape index (κ3) is 2.89. The molecule has 1 saturated heterocycles. The first-order chi connectivity index (χ1) is 10.7. The number of likely N-dealkylation sites (tertiary alicyclic amines) is 1. The highest BCUT2D eigenvalue weighted by Gasteiger charge is 2.26. The maximum atomic E-state index is 12.2. The third-order valence-corrected chi connectivity index (χ3v) is 4.03. The highest BCUT2D eigenvalue weighted by atomic mass is 16.5. The number of pyridine rings is 1. The molecule has 1 aliphatic rings. The van der Waals surface area contributed by atoms with E-state index in [0.717, 1.165) is 25.9 Å². The molecule has 7 nitrogen and oxygen atoms in total. The zero-order chi connectivity index (χ0) is 15.5. The van der Waals surface area contributed by atoms with Crippen LogP contribution in [0.25, 0.3) is 5.65 Å². The lowest BCUT2D eigenvalue weighted by Gasteiger charge is -2.30. The average molecular weight is 304 g/mol. The molecule has 2 aromatic rings. The SMILES string of the molecule is CCOC(=O)C1CCN(Cn2nc3ccccn3c2=O)CC1. The summed E-state index contributed by atoms with van der Waals surface area (Å²) in [5.41, 5.74) is 0.511. The van der Waals surface area contributed by atoms with E-state index in [2.05, 4.69) is 10.00 Å². The summed E-state index contributed by atoms with van der Waals surface area (Å²) < 4.78 is 8.07. The first-order valence-corrected chi connectivity index (χ1v) is 7.62. The number of carbonyl (C=O) groups excluding carboxylic acids is 1. The summed E-state index contributed by atoms with van der Waals surface area (Å²) in [7, 11) is 0. The third-order valence-electron chi connectivity index (χ3n) is 4.03. The Morgan fingerprint density at radius 2 is 2.14 bits per heavy atom. The van der Waals surface area contributed by atoms with E-state index in [-0.39, 0.29) is 17.6 Å². The van der Waals surface area contributed by atoms with E-state index in [4.69, 9.17) is 4.74 Å². The van der Waals surface area contributed by atoms with Gasteiger partial charge in [0.25, 0.3) is 0 Å². The van der Waals surface area contributed by atoms with E-state index in [0.29, 0.717) is 18.9 Å². The molecule has 118 valence electrons. The second-order valence-electron chi connectivity index (χ2n) is 5.50. The summed E-state index contributed by atoms with van der Waals surface area (Å²) in [4.78, 5) is 26.1. The van der Waals surface area contributed by atoms with Gasteiger partial charge in [-0.15, -0.1) is 5.10 Å². The summed E-state index contributed by atoms with van der Waals surface area (Å²) in [6, 6.07) is 5.48. The highest BCUT2D eigenvalue weighted by molar-refractivity contribution is 5.72. The summed E-state index contributed by atoms with van der Waals surface area (Å²) in [5, 5.41) is 4.32. The molecule has 3 heterocycles. The Morgan fingerprint density at radius 1 is 1.36 bits per heavy atom. The van der Waals surface area contributed by atoms with Gasteiger partial charge in [0.15, 0.2) is 5.65 Å². The van der Waals surface area contributed by atoms with E-state index in [1.807, 2.05) is 25.1 Å². The monoisotopic (exact) mass is 304 g/mol. The number of piperidine rings is 1. The van der Waals surface area contributed by atoms with Crippen molar-refractivity contribution in [2.45, 2.75) is 26.4 Å². The van der Waals surface area contributed by atoms with Gasteiger partial charge in [0.1, 0.15) is 0 Å². The number of carbonyl (C=O) groups is 1. The van der Waals surface area contributed by atoms with Gasteiger partial charge in [0.2, 0.25) is 0 Å². The Labute approximate surface area is 128 Å². The topological polar surface area (TPSA) is 68.8 Å². The number of hydrogen-bond donors (Lipinski definition) is 0. The molecule has 0 aromatic carbocycles. The van der Waals surface area contributed by atoms with E-state index in [1.54, 1.807) is 6.20 Å². The number of fused-ring (bicyclic) bond motifs is 1. The average Bonchev–Trinajstić information content (AvgIpc) is 2.85. The van der Waals surface area contributed by atoms with Crippen LogP contribution in [-0.4, -0.2) is 44.7 Å². The Hall–Kier alpha value is -2.15. The molecule has 0 unspecified atom stereocenters. The van der Waals surface area contributed by atoms with Gasteiger partial charge in [-0.2, -0.15) is 4.68 Å². The Kier molecular flexibility index (Phi) is 4.24. The smallest absolute Gasteiger partial charge is 0.351 e. The largest absolute Gasteiger partial charge is 0.466 e. The summed E-state index contributed by atoms with van der Waals surface area (Å²) in [5.74, 6) is -0.124. The lowest BCUT2D eigenvalue weighted by atomic mass is 9.97. The molecule has 22 heavy (non-hydrogen) atoms. The minimum absolute atomic E-state index is 0.0195. The predicted molar refractivity (Wildman–Crippen MR) is 80.4 cm³/mol. The normalized spacial score (nSPS) is 17.0. The second kappa shape index (κ2) is 6.31. The molecule has 0 spiro atoms. The van der Waals surface area contributed by atoms with Crippen molar-refractivity contribution in [3.05, 3.63) is 34.9 Å². The van der Waals surface area contributed by atoms with Gasteiger partial charge >= 0.3 is 11.7 Å². The van der Waals surface area contributed by atoms with Crippen LogP contribution in [0.3, 0.4) is 0 Å². The van der Waals surface area contributed by atoms with Crippen molar-refractivity contribution in [1.82, 2.24) is 19.1 Å². The summed E-state index contributed by atoms with van der Waals surface area (Å²) >= 11 is 0. The fourth-order valence-electron chi connectivity index (χ4n) is 2.82. The van der Waals surface area contributed by atoms with Crippen LogP contribution in [-0.2, 0) is 16.2 Å². The lowest BCUT2D eigenvalue weighted by molar-refractivity contribution is -0.149. The second-order valence-corrected chi connectivity index (χ2v) is 5.50. The molecule has 0 saturated carbocycles. The van der Waals surface area contributed by atoms with E-state index in [9.17, 15) is 9.59 Å². The van der Waals surface area contributed by atoms with Gasteiger partial charge in [-0.1, -0.05) is 6.07 Å². The van der Waals surface area contributed by atoms with Crippen molar-refractivity contribution < 1.29 is 9.53 Å². The molecule has 0 aliphatic carbocycles. The van der Waals surface area contributed by atoms with Crippen LogP contribution in [0, 0.1) is 5.92 Å². The number of rotatable bonds is 4. The zero-order valence-corrected chi connectivity index (χ0v) is 12.6. The molecule has 1 aliphatic heterocycles. The van der Waals surface area contributed by atoms with Gasteiger partial charge in [-0.3, -0.25) is 14.1 Å². The zero-order valence-electron chi connectivity index (χ0n) is 12.6. The van der Waals surface area contributed by atoms with Gasteiger partial charge in [0, 0.05) is 19.3 Å². The Balaban J connectivity index is 1.64. The fraction of sp³-hybridized carbons (Fsp3) is 0.533. The van der Waals surface area contributed by atoms with E-state index >= 15 is 0 Å². The van der Waals surface area contributed by atoms with Crippen molar-refractivity contribution in [3.63, 3.8) is 0 Å². The molecular weight excluding hydrogens is 284 g/mol. The minimum atomic E-state index is -0.136. The van der Waals surface area contributed by atoms with Crippen LogP contribution < -0.4 is 5.69 Å². The van der Waals surface area contributed by atoms with Crippen LogP contribution >= 0.6 is 0 Å². The minimum Gasteiger partial charge on any atom is -0.466 e. The van der Waals surface area contributed by atoms with E-state index < -0.39 is 0 Å². The molecular formula is C15H20N4O3. The van der Waals surface area contributed by atoms with E-state index in [1.165, 1.54) is 9.08 Å². The van der Waals surface area contributed by atoms with Crippen LogP contribution in [0.15, 0.2) is 29.2 Å². The van der Waals surface area contributed by atoms with Gasteiger partial charge in [0.05, 0.1) is 19.2 Å². The maximum Gasteiger partial charge on any atom is 0.351 e. The summed E-state index contributed by atoms with van der Waals surface area (Å²) in [6.07, 6.45) is 3.25. The molecule has 0 atom stereocenters. The fourth-order valence-corrected chi connectivity index (χ4v) is 2.82. The van der Waals surface area contributed by atoms with Gasteiger partial charge in [-0.25, -0.2) is 4.79 Å². The lowest BCUT2D eigenvalue weighted by Crippen LogP contribution is -2.40. The molecule has 0 radical (unpaired) electrons. The number of hydrogen-bond acceptors (Lipinski definition) is 5. The van der Waals surface area contributed by atoms with Crippen molar-refractivity contribution in [2.75, 3.05) is 19.7 Å². The van der Waals surface area contributed by atoms with Crippen LogP contribution in [0.2, 0.25) is 0 Å². The number of nitrogens with zero attached hydrogens (tertiary/aromatic N) is 4. The predicted octanol–water partition coefficient (Wildman–Crippen LogP) is 0.729. The summed E-state index contributed by atoms with van der Waals surface area (Å²) in [6.45, 7) is 4.24. The first kappa shape index (κ1) is 14.8. The maximum absolute atomic E-state index is 12.2. The first-order valence-electron chi connectivity index (χ1n) is 7.62. The Morgan fingerprint density at radius 3 is 2.82 bits per heavy atom. The molecule has 1 fully saturated rings. The molecule has 0 amide bonds. The van der Waals surface area contributed by atoms with Gasteiger partial charge < -0.3 is 4.74 Å². The van der Waals surface area contributed by atoms with Crippen LogP contribution in [0.5, 0.6) is 0 Å².